The minimum absolute atomic E-state index is 0.0176. The molecule has 210 valence electrons. The largest absolute Gasteiger partial charge is 0.381 e. The normalized spacial score (nSPS) is 16.6. The smallest absolute Gasteiger partial charge is 0.256 e. The molecule has 1 aliphatic carbocycles. The molecule has 1 amide bonds. The van der Waals surface area contributed by atoms with Gasteiger partial charge in [0.15, 0.2) is 5.82 Å². The van der Waals surface area contributed by atoms with Crippen molar-refractivity contribution in [3.8, 4) is 11.4 Å². The average molecular weight is 584 g/mol. The number of pyridine rings is 1. The zero-order valence-electron chi connectivity index (χ0n) is 22.2. The Kier molecular flexibility index (Phi) is 7.09. The number of halogens is 1. The third-order valence-corrected chi connectivity index (χ3v) is 9.69. The molecule has 0 atom stereocenters. The highest BCUT2D eigenvalue weighted by molar-refractivity contribution is 7.90. The van der Waals surface area contributed by atoms with Crippen molar-refractivity contribution in [2.24, 2.45) is 0 Å². The molecule has 4 aromatic rings. The lowest BCUT2D eigenvalue weighted by molar-refractivity contribution is 0.0697. The molecule has 1 aliphatic heterocycles. The van der Waals surface area contributed by atoms with Gasteiger partial charge in [0, 0.05) is 55.2 Å². The molecule has 1 saturated heterocycles. The molecular weight excluding hydrogens is 554 g/mol. The summed E-state index contributed by atoms with van der Waals surface area (Å²) >= 11 is 6.80. The predicted molar refractivity (Wildman–Crippen MR) is 150 cm³/mol. The summed E-state index contributed by atoms with van der Waals surface area (Å²) in [5, 5.41) is 7.87. The molecule has 0 radical (unpaired) electrons. The lowest BCUT2D eigenvalue weighted by atomic mass is 10.1. The van der Waals surface area contributed by atoms with Gasteiger partial charge in [-0.1, -0.05) is 11.6 Å². The van der Waals surface area contributed by atoms with Crippen LogP contribution >= 0.6 is 11.6 Å². The van der Waals surface area contributed by atoms with Crippen LogP contribution in [-0.2, 0) is 21.2 Å². The van der Waals surface area contributed by atoms with Crippen molar-refractivity contribution in [3.05, 3.63) is 59.0 Å². The van der Waals surface area contributed by atoms with Crippen LogP contribution in [-0.4, -0.2) is 67.5 Å². The molecule has 2 aliphatic rings. The topological polar surface area (TPSA) is 134 Å². The average Bonchev–Trinajstić information content (AvgIpc) is 3.59. The minimum atomic E-state index is -3.47. The SMILES string of the molecule is CC(C)n1c(Cl)c(C(=O)NC2CCOCC2)c2cnc(Cc3ccnc(-c4cnn(S(=O)(=O)C5CC5)c4)n3)cc21. The second kappa shape index (κ2) is 10.6. The van der Waals surface area contributed by atoms with Gasteiger partial charge in [-0.15, -0.1) is 0 Å². The van der Waals surface area contributed by atoms with Gasteiger partial charge in [0.2, 0.25) is 0 Å². The number of nitrogens with one attached hydrogen (secondary N) is 1. The molecule has 40 heavy (non-hydrogen) atoms. The van der Waals surface area contributed by atoms with Crippen LogP contribution in [0.3, 0.4) is 0 Å². The Morgan fingerprint density at radius 1 is 1.15 bits per heavy atom. The van der Waals surface area contributed by atoms with Gasteiger partial charge in [0.05, 0.1) is 40.0 Å². The maximum absolute atomic E-state index is 13.3. The van der Waals surface area contributed by atoms with E-state index in [0.717, 1.165) is 28.1 Å². The molecule has 13 heteroatoms. The Morgan fingerprint density at radius 2 is 1.93 bits per heavy atom. The quantitative estimate of drug-likeness (QED) is 0.331. The Morgan fingerprint density at radius 3 is 2.65 bits per heavy atom. The van der Waals surface area contributed by atoms with Gasteiger partial charge in [-0.2, -0.15) is 9.19 Å². The number of nitrogens with zero attached hydrogens (tertiary/aromatic N) is 6. The third-order valence-electron chi connectivity index (χ3n) is 7.29. The number of hydrogen-bond donors (Lipinski definition) is 1. The van der Waals surface area contributed by atoms with Gasteiger partial charge in [-0.3, -0.25) is 9.78 Å². The van der Waals surface area contributed by atoms with Crippen LogP contribution in [0, 0.1) is 0 Å². The molecule has 1 saturated carbocycles. The highest BCUT2D eigenvalue weighted by atomic mass is 35.5. The molecular formula is C27H30ClN7O4S. The van der Waals surface area contributed by atoms with Crippen molar-refractivity contribution in [3.63, 3.8) is 0 Å². The maximum Gasteiger partial charge on any atom is 0.256 e. The van der Waals surface area contributed by atoms with E-state index in [4.69, 9.17) is 16.3 Å². The van der Waals surface area contributed by atoms with Gasteiger partial charge in [-0.05, 0) is 51.7 Å². The molecule has 1 N–H and O–H groups in total. The molecule has 11 nitrogen and oxygen atoms in total. The Bertz CT molecular complexity index is 1690. The number of rotatable bonds is 8. The van der Waals surface area contributed by atoms with Gasteiger partial charge < -0.3 is 14.6 Å². The summed E-state index contributed by atoms with van der Waals surface area (Å²) in [5.41, 5.74) is 3.23. The van der Waals surface area contributed by atoms with Crippen molar-refractivity contribution in [1.29, 1.82) is 0 Å². The minimum Gasteiger partial charge on any atom is -0.381 e. The number of carbonyl (C=O) groups excluding carboxylic acids is 1. The van der Waals surface area contributed by atoms with Gasteiger partial charge >= 0.3 is 0 Å². The first-order valence-electron chi connectivity index (χ1n) is 13.4. The monoisotopic (exact) mass is 583 g/mol. The van der Waals surface area contributed by atoms with Crippen LogP contribution < -0.4 is 5.32 Å². The first kappa shape index (κ1) is 26.9. The van der Waals surface area contributed by atoms with Gasteiger partial charge in [0.1, 0.15) is 5.15 Å². The lowest BCUT2D eigenvalue weighted by Gasteiger charge is -2.23. The summed E-state index contributed by atoms with van der Waals surface area (Å²) in [6.07, 6.45) is 9.53. The van der Waals surface area contributed by atoms with Crippen molar-refractivity contribution < 1.29 is 17.9 Å². The number of fused-ring (bicyclic) bond motifs is 1. The number of aromatic nitrogens is 6. The summed E-state index contributed by atoms with van der Waals surface area (Å²) in [4.78, 5) is 26.9. The van der Waals surface area contributed by atoms with E-state index in [2.05, 4.69) is 25.4 Å². The van der Waals surface area contributed by atoms with E-state index in [1.807, 2.05) is 24.5 Å². The Balaban J connectivity index is 1.28. The van der Waals surface area contributed by atoms with Crippen LogP contribution in [0.4, 0.5) is 0 Å². The van der Waals surface area contributed by atoms with Crippen molar-refractivity contribution in [2.75, 3.05) is 13.2 Å². The summed E-state index contributed by atoms with van der Waals surface area (Å²) in [6.45, 7) is 5.30. The number of amides is 1. The Labute approximate surface area is 237 Å². The summed E-state index contributed by atoms with van der Waals surface area (Å²) in [6, 6.07) is 3.80. The van der Waals surface area contributed by atoms with Crippen LogP contribution in [0.2, 0.25) is 5.15 Å². The van der Waals surface area contributed by atoms with Gasteiger partial charge in [0.25, 0.3) is 15.9 Å². The van der Waals surface area contributed by atoms with E-state index in [-0.39, 0.29) is 23.2 Å². The second-order valence-electron chi connectivity index (χ2n) is 10.6. The van der Waals surface area contributed by atoms with Gasteiger partial charge in [-0.25, -0.2) is 18.4 Å². The van der Waals surface area contributed by atoms with Crippen molar-refractivity contribution in [2.45, 2.75) is 63.3 Å². The summed E-state index contributed by atoms with van der Waals surface area (Å²) < 4.78 is 33.4. The number of hydrogen-bond acceptors (Lipinski definition) is 8. The first-order chi connectivity index (χ1) is 19.2. The van der Waals surface area contributed by atoms with Crippen LogP contribution in [0.25, 0.3) is 22.3 Å². The van der Waals surface area contributed by atoms with E-state index in [1.54, 1.807) is 18.5 Å². The zero-order chi connectivity index (χ0) is 28.0. The third kappa shape index (κ3) is 5.11. The molecule has 0 bridgehead atoms. The molecule has 0 unspecified atom stereocenters. The number of carbonyl (C=O) groups is 1. The standard InChI is InChI=1S/C27H30ClN7O4S/c1-16(2)35-23-12-20(30-14-22(23)24(25(35)28)27(36)33-18-6-9-39-10-7-18)11-19-5-8-29-26(32-19)17-13-31-34(15-17)40(37,38)21-3-4-21/h5,8,12-16,18,21H,3-4,6-7,9-11H2,1-2H3,(H,33,36). The van der Waals surface area contributed by atoms with E-state index in [9.17, 15) is 13.2 Å². The lowest BCUT2D eigenvalue weighted by Crippen LogP contribution is -2.39. The fourth-order valence-electron chi connectivity index (χ4n) is 5.03. The molecule has 4 aromatic heterocycles. The summed E-state index contributed by atoms with van der Waals surface area (Å²) in [5.74, 6) is 0.178. The molecule has 5 heterocycles. The molecule has 0 spiro atoms. The van der Waals surface area contributed by atoms with E-state index >= 15 is 0 Å². The van der Waals surface area contributed by atoms with E-state index in [1.165, 1.54) is 12.4 Å². The van der Waals surface area contributed by atoms with E-state index < -0.39 is 10.0 Å². The maximum atomic E-state index is 13.3. The molecule has 0 aromatic carbocycles. The van der Waals surface area contributed by atoms with E-state index in [0.29, 0.717) is 65.7 Å². The molecule has 2 fully saturated rings. The van der Waals surface area contributed by atoms with Crippen LogP contribution in [0.1, 0.15) is 67.3 Å². The zero-order valence-corrected chi connectivity index (χ0v) is 23.8. The first-order valence-corrected chi connectivity index (χ1v) is 15.3. The summed E-state index contributed by atoms with van der Waals surface area (Å²) in [7, 11) is -3.47. The Hall–Kier alpha value is -3.35. The van der Waals surface area contributed by atoms with Crippen LogP contribution in [0.15, 0.2) is 36.9 Å². The molecule has 6 rings (SSSR count). The highest BCUT2D eigenvalue weighted by Crippen LogP contribution is 2.34. The number of ether oxygens (including phenoxy) is 1. The fraction of sp³-hybridized carbons (Fsp3) is 0.444. The van der Waals surface area contributed by atoms with Crippen molar-refractivity contribution >= 4 is 38.4 Å². The second-order valence-corrected chi connectivity index (χ2v) is 13.0. The van der Waals surface area contributed by atoms with Crippen molar-refractivity contribution in [1.82, 2.24) is 34.0 Å². The highest BCUT2D eigenvalue weighted by Gasteiger charge is 2.37. The van der Waals surface area contributed by atoms with Crippen LogP contribution in [0.5, 0.6) is 0 Å². The predicted octanol–water partition coefficient (Wildman–Crippen LogP) is 3.76. The fourth-order valence-corrected chi connectivity index (χ4v) is 6.98.